The molecule has 0 bridgehead atoms. The van der Waals surface area contributed by atoms with Gasteiger partial charge in [-0.1, -0.05) is 38.0 Å². The number of rotatable bonds is 2. The Morgan fingerprint density at radius 2 is 2.00 bits per heavy atom. The summed E-state index contributed by atoms with van der Waals surface area (Å²) in [4.78, 5) is 24.8. The molecule has 29 heavy (non-hydrogen) atoms. The quantitative estimate of drug-likeness (QED) is 0.849. The van der Waals surface area contributed by atoms with Gasteiger partial charge in [0.15, 0.2) is 11.5 Å². The summed E-state index contributed by atoms with van der Waals surface area (Å²) in [7, 11) is 0. The summed E-state index contributed by atoms with van der Waals surface area (Å²) in [6, 6.07) is 10.5. The zero-order chi connectivity index (χ0) is 20.2. The van der Waals surface area contributed by atoms with E-state index in [-0.39, 0.29) is 11.3 Å². The predicted molar refractivity (Wildman–Crippen MR) is 114 cm³/mol. The first-order valence-corrected chi connectivity index (χ1v) is 10.7. The van der Waals surface area contributed by atoms with Crippen LogP contribution in [0, 0.1) is 11.3 Å². The fourth-order valence-corrected chi connectivity index (χ4v) is 5.82. The molecule has 150 valence electrons. The average Bonchev–Trinajstić information content (AvgIpc) is 3.16. The van der Waals surface area contributed by atoms with Crippen molar-refractivity contribution < 1.29 is 4.79 Å². The van der Waals surface area contributed by atoms with Crippen molar-refractivity contribution in [2.24, 2.45) is 22.1 Å². The molecule has 0 radical (unpaired) electrons. The summed E-state index contributed by atoms with van der Waals surface area (Å²) < 4.78 is 0. The first kappa shape index (κ1) is 18.3. The minimum absolute atomic E-state index is 0.0640. The van der Waals surface area contributed by atoms with Gasteiger partial charge in [-0.25, -0.2) is 4.99 Å². The SMILES string of the molecule is CCN1C(=O)C2(N=C1N)c1cc(-c3cccnc3)ccc1CC21CCC(C)CC1. The Labute approximate surface area is 172 Å². The van der Waals surface area contributed by atoms with Crippen molar-refractivity contribution in [2.45, 2.75) is 51.5 Å². The smallest absolute Gasteiger partial charge is 0.262 e. The number of benzene rings is 1. The number of amides is 1. The summed E-state index contributed by atoms with van der Waals surface area (Å²) in [5.74, 6) is 1.14. The van der Waals surface area contributed by atoms with Gasteiger partial charge in [0.1, 0.15) is 0 Å². The van der Waals surface area contributed by atoms with Crippen LogP contribution in [-0.4, -0.2) is 28.3 Å². The maximum Gasteiger partial charge on any atom is 0.262 e. The molecule has 3 aliphatic rings. The summed E-state index contributed by atoms with van der Waals surface area (Å²) >= 11 is 0. The first-order chi connectivity index (χ1) is 14.0. The van der Waals surface area contributed by atoms with Crippen LogP contribution in [0.4, 0.5) is 0 Å². The van der Waals surface area contributed by atoms with Crippen LogP contribution in [0.2, 0.25) is 0 Å². The highest BCUT2D eigenvalue weighted by Gasteiger charge is 2.66. The Balaban J connectivity index is 1.71. The van der Waals surface area contributed by atoms with Crippen LogP contribution in [0.1, 0.15) is 50.7 Å². The highest BCUT2D eigenvalue weighted by molar-refractivity contribution is 6.08. The molecule has 1 aromatic carbocycles. The van der Waals surface area contributed by atoms with Crippen LogP contribution >= 0.6 is 0 Å². The van der Waals surface area contributed by atoms with Gasteiger partial charge >= 0.3 is 0 Å². The van der Waals surface area contributed by atoms with Gasteiger partial charge in [-0.15, -0.1) is 0 Å². The molecule has 5 heteroatoms. The lowest BCUT2D eigenvalue weighted by Crippen LogP contribution is -2.51. The Kier molecular flexibility index (Phi) is 4.05. The van der Waals surface area contributed by atoms with Crippen LogP contribution in [0.15, 0.2) is 47.7 Å². The van der Waals surface area contributed by atoms with Crippen LogP contribution in [0.25, 0.3) is 11.1 Å². The van der Waals surface area contributed by atoms with E-state index in [0.29, 0.717) is 18.4 Å². The highest BCUT2D eigenvalue weighted by Crippen LogP contribution is 2.62. The van der Waals surface area contributed by atoms with Crippen LogP contribution in [0.5, 0.6) is 0 Å². The van der Waals surface area contributed by atoms with Gasteiger partial charge in [-0.2, -0.15) is 0 Å². The Bertz CT molecular complexity index is 991. The number of hydrogen-bond acceptors (Lipinski definition) is 4. The Hall–Kier alpha value is -2.69. The van der Waals surface area contributed by atoms with Crippen LogP contribution in [-0.2, 0) is 16.8 Å². The van der Waals surface area contributed by atoms with E-state index < -0.39 is 5.54 Å². The van der Waals surface area contributed by atoms with Gasteiger partial charge in [0, 0.05) is 24.4 Å². The lowest BCUT2D eigenvalue weighted by Gasteiger charge is -2.45. The fraction of sp³-hybridized carbons (Fsp3) is 0.458. The van der Waals surface area contributed by atoms with Crippen molar-refractivity contribution in [1.29, 1.82) is 0 Å². The second-order valence-corrected chi connectivity index (χ2v) is 8.98. The van der Waals surface area contributed by atoms with E-state index in [2.05, 4.69) is 36.2 Å². The standard InChI is InChI=1S/C24H28N4O/c1-3-28-21(29)24(27-22(28)25)20-13-17(19-5-4-12-26-15-19)6-7-18(20)14-23(24)10-8-16(2)9-11-23/h4-7,12-13,15-16H,3,8-11,14H2,1-2H3,(H2,25,27). The van der Waals surface area contributed by atoms with Gasteiger partial charge in [0.05, 0.1) is 0 Å². The number of carbonyl (C=O) groups excluding carboxylic acids is 1. The molecule has 1 aliphatic heterocycles. The number of pyridine rings is 1. The number of aliphatic imine (C=N–C) groups is 1. The molecule has 1 aromatic heterocycles. The van der Waals surface area contributed by atoms with Gasteiger partial charge in [0.25, 0.3) is 5.91 Å². The molecule has 1 atom stereocenters. The van der Waals surface area contributed by atoms with E-state index in [1.165, 1.54) is 5.56 Å². The summed E-state index contributed by atoms with van der Waals surface area (Å²) in [6.07, 6.45) is 8.87. The van der Waals surface area contributed by atoms with E-state index in [1.54, 1.807) is 11.1 Å². The molecule has 1 unspecified atom stereocenters. The number of fused-ring (bicyclic) bond motifs is 3. The predicted octanol–water partition coefficient (Wildman–Crippen LogP) is 3.87. The molecule has 1 fully saturated rings. The Morgan fingerprint density at radius 3 is 2.66 bits per heavy atom. The maximum absolute atomic E-state index is 13.9. The normalized spacial score (nSPS) is 30.8. The van der Waals surface area contributed by atoms with Gasteiger partial charge in [-0.05, 0) is 66.5 Å². The third-order valence-electron chi connectivity index (χ3n) is 7.45. The topological polar surface area (TPSA) is 71.6 Å². The lowest BCUT2D eigenvalue weighted by molar-refractivity contribution is -0.137. The molecule has 2 spiro atoms. The molecular formula is C24H28N4O. The minimum atomic E-state index is -0.874. The number of carbonyl (C=O) groups is 1. The molecular weight excluding hydrogens is 360 g/mol. The first-order valence-electron chi connectivity index (χ1n) is 10.7. The van der Waals surface area contributed by atoms with E-state index >= 15 is 0 Å². The molecule has 5 nitrogen and oxygen atoms in total. The van der Waals surface area contributed by atoms with Crippen molar-refractivity contribution in [2.75, 3.05) is 6.54 Å². The van der Waals surface area contributed by atoms with Crippen molar-refractivity contribution in [3.8, 4) is 11.1 Å². The van der Waals surface area contributed by atoms with Crippen molar-refractivity contribution in [3.63, 3.8) is 0 Å². The lowest BCUT2D eigenvalue weighted by atomic mass is 9.60. The highest BCUT2D eigenvalue weighted by atomic mass is 16.2. The average molecular weight is 389 g/mol. The number of likely N-dealkylation sites (N-methyl/N-ethyl adjacent to an activating group) is 1. The number of hydrogen-bond donors (Lipinski definition) is 1. The zero-order valence-corrected chi connectivity index (χ0v) is 17.2. The van der Waals surface area contributed by atoms with E-state index in [9.17, 15) is 4.79 Å². The second-order valence-electron chi connectivity index (χ2n) is 8.98. The summed E-state index contributed by atoms with van der Waals surface area (Å²) in [5.41, 5.74) is 9.69. The monoisotopic (exact) mass is 388 g/mol. The molecule has 2 aliphatic carbocycles. The van der Waals surface area contributed by atoms with Gasteiger partial charge < -0.3 is 5.73 Å². The van der Waals surface area contributed by atoms with Crippen molar-refractivity contribution in [3.05, 3.63) is 53.9 Å². The molecule has 1 amide bonds. The molecule has 5 rings (SSSR count). The molecule has 1 saturated carbocycles. The minimum Gasteiger partial charge on any atom is -0.369 e. The van der Waals surface area contributed by atoms with E-state index in [0.717, 1.165) is 48.8 Å². The number of nitrogens with two attached hydrogens (primary N) is 1. The number of guanidine groups is 1. The summed E-state index contributed by atoms with van der Waals surface area (Å²) in [5, 5.41) is 0. The van der Waals surface area contributed by atoms with E-state index in [4.69, 9.17) is 10.7 Å². The van der Waals surface area contributed by atoms with Gasteiger partial charge in [-0.3, -0.25) is 14.7 Å². The molecule has 0 saturated heterocycles. The van der Waals surface area contributed by atoms with Crippen LogP contribution in [0.3, 0.4) is 0 Å². The zero-order valence-electron chi connectivity index (χ0n) is 17.2. The fourth-order valence-electron chi connectivity index (χ4n) is 5.82. The summed E-state index contributed by atoms with van der Waals surface area (Å²) in [6.45, 7) is 4.84. The number of aromatic nitrogens is 1. The van der Waals surface area contributed by atoms with Crippen molar-refractivity contribution in [1.82, 2.24) is 9.88 Å². The van der Waals surface area contributed by atoms with Crippen molar-refractivity contribution >= 4 is 11.9 Å². The maximum atomic E-state index is 13.9. The third kappa shape index (κ3) is 2.42. The molecule has 2 aromatic rings. The molecule has 2 heterocycles. The third-order valence-corrected chi connectivity index (χ3v) is 7.45. The van der Waals surface area contributed by atoms with Crippen LogP contribution < -0.4 is 5.73 Å². The Morgan fingerprint density at radius 1 is 1.21 bits per heavy atom. The largest absolute Gasteiger partial charge is 0.369 e. The second kappa shape index (κ2) is 6.41. The van der Waals surface area contributed by atoms with Gasteiger partial charge in [0.2, 0.25) is 0 Å². The van der Waals surface area contributed by atoms with E-state index in [1.807, 2.05) is 19.2 Å². The molecule has 2 N–H and O–H groups in total. The number of nitrogens with zero attached hydrogens (tertiary/aromatic N) is 3.